The molecule has 1 aliphatic heterocycles. The highest BCUT2D eigenvalue weighted by Gasteiger charge is 2.36. The quantitative estimate of drug-likeness (QED) is 0.825. The molecule has 0 bridgehead atoms. The first-order valence-electron chi connectivity index (χ1n) is 5.23. The highest BCUT2D eigenvalue weighted by molar-refractivity contribution is 5.95. The molecule has 1 aromatic rings. The zero-order valence-corrected chi connectivity index (χ0v) is 9.23. The van der Waals surface area contributed by atoms with Crippen molar-refractivity contribution in [3.05, 3.63) is 30.3 Å². The summed E-state index contributed by atoms with van der Waals surface area (Å²) < 4.78 is 10.3. The van der Waals surface area contributed by atoms with E-state index < -0.39 is 5.41 Å². The van der Waals surface area contributed by atoms with E-state index in [0.29, 0.717) is 13.2 Å². The summed E-state index contributed by atoms with van der Waals surface area (Å²) in [5.74, 6) is -0.0709. The van der Waals surface area contributed by atoms with Gasteiger partial charge in [0.15, 0.2) is 0 Å². The lowest BCUT2D eigenvalue weighted by Crippen LogP contribution is -2.44. The SMILES string of the molecule is CC1(C(=O)Nc2ccccc2)COCOC1. The molecule has 0 atom stereocenters. The molecule has 1 aromatic carbocycles. The lowest BCUT2D eigenvalue weighted by molar-refractivity contribution is -0.170. The van der Waals surface area contributed by atoms with E-state index >= 15 is 0 Å². The molecule has 86 valence electrons. The summed E-state index contributed by atoms with van der Waals surface area (Å²) in [6.45, 7) is 2.90. The van der Waals surface area contributed by atoms with E-state index in [4.69, 9.17) is 9.47 Å². The minimum atomic E-state index is -0.603. The Morgan fingerprint density at radius 1 is 1.25 bits per heavy atom. The Balaban J connectivity index is 2.02. The van der Waals surface area contributed by atoms with Crippen LogP contribution in [0.4, 0.5) is 5.69 Å². The van der Waals surface area contributed by atoms with Crippen LogP contribution in [0.25, 0.3) is 0 Å². The summed E-state index contributed by atoms with van der Waals surface area (Å²) in [4.78, 5) is 12.0. The fourth-order valence-electron chi connectivity index (χ4n) is 1.57. The first-order valence-corrected chi connectivity index (χ1v) is 5.23. The van der Waals surface area contributed by atoms with Crippen LogP contribution in [0, 0.1) is 5.41 Å². The van der Waals surface area contributed by atoms with Crippen LogP contribution in [0.15, 0.2) is 30.3 Å². The largest absolute Gasteiger partial charge is 0.354 e. The molecule has 0 unspecified atom stereocenters. The molecule has 0 radical (unpaired) electrons. The van der Waals surface area contributed by atoms with E-state index in [-0.39, 0.29) is 12.7 Å². The molecule has 1 aliphatic rings. The van der Waals surface area contributed by atoms with Gasteiger partial charge >= 0.3 is 0 Å². The highest BCUT2D eigenvalue weighted by atomic mass is 16.7. The van der Waals surface area contributed by atoms with Crippen molar-refractivity contribution >= 4 is 11.6 Å². The number of ether oxygens (including phenoxy) is 2. The van der Waals surface area contributed by atoms with Crippen molar-refractivity contribution < 1.29 is 14.3 Å². The molecular weight excluding hydrogens is 206 g/mol. The maximum atomic E-state index is 12.0. The zero-order chi connectivity index (χ0) is 11.4. The fourth-order valence-corrected chi connectivity index (χ4v) is 1.57. The van der Waals surface area contributed by atoms with Crippen LogP contribution in [0.3, 0.4) is 0 Å². The Labute approximate surface area is 94.6 Å². The first kappa shape index (κ1) is 11.1. The van der Waals surface area contributed by atoms with Gasteiger partial charge in [-0.05, 0) is 19.1 Å². The summed E-state index contributed by atoms with van der Waals surface area (Å²) in [5.41, 5.74) is 0.188. The van der Waals surface area contributed by atoms with Crippen molar-refractivity contribution in [2.24, 2.45) is 5.41 Å². The van der Waals surface area contributed by atoms with Crippen LogP contribution in [-0.2, 0) is 14.3 Å². The summed E-state index contributed by atoms with van der Waals surface area (Å²) in [5, 5.41) is 2.85. The minimum absolute atomic E-state index is 0.0709. The van der Waals surface area contributed by atoms with Gasteiger partial charge in [0, 0.05) is 5.69 Å². The lowest BCUT2D eigenvalue weighted by Gasteiger charge is -2.31. The Bertz CT molecular complexity index is 358. The Morgan fingerprint density at radius 3 is 2.50 bits per heavy atom. The number of hydrogen-bond donors (Lipinski definition) is 1. The van der Waals surface area contributed by atoms with Crippen molar-refractivity contribution in [3.63, 3.8) is 0 Å². The van der Waals surface area contributed by atoms with E-state index in [9.17, 15) is 4.79 Å². The smallest absolute Gasteiger partial charge is 0.234 e. The van der Waals surface area contributed by atoms with Gasteiger partial charge in [-0.3, -0.25) is 4.79 Å². The molecule has 0 spiro atoms. The molecule has 1 heterocycles. The molecule has 2 rings (SSSR count). The molecule has 4 nitrogen and oxygen atoms in total. The third-order valence-electron chi connectivity index (χ3n) is 2.59. The molecule has 1 amide bonds. The van der Waals surface area contributed by atoms with Gasteiger partial charge in [-0.2, -0.15) is 0 Å². The van der Waals surface area contributed by atoms with Gasteiger partial charge in [0.2, 0.25) is 5.91 Å². The predicted octanol–water partition coefficient (Wildman–Crippen LogP) is 1.64. The first-order chi connectivity index (χ1) is 7.71. The van der Waals surface area contributed by atoms with Crippen LogP contribution >= 0.6 is 0 Å². The van der Waals surface area contributed by atoms with Crippen molar-refractivity contribution in [1.29, 1.82) is 0 Å². The van der Waals surface area contributed by atoms with Crippen molar-refractivity contribution in [2.45, 2.75) is 6.92 Å². The number of rotatable bonds is 2. The third-order valence-corrected chi connectivity index (χ3v) is 2.59. The number of amides is 1. The minimum Gasteiger partial charge on any atom is -0.354 e. The van der Waals surface area contributed by atoms with Crippen LogP contribution in [0.5, 0.6) is 0 Å². The van der Waals surface area contributed by atoms with Crippen molar-refractivity contribution in [1.82, 2.24) is 0 Å². The second kappa shape index (κ2) is 4.63. The van der Waals surface area contributed by atoms with E-state index in [1.807, 2.05) is 37.3 Å². The summed E-state index contributed by atoms with van der Waals surface area (Å²) in [7, 11) is 0. The van der Waals surface area contributed by atoms with Gasteiger partial charge < -0.3 is 14.8 Å². The second-order valence-electron chi connectivity index (χ2n) is 4.20. The van der Waals surface area contributed by atoms with Crippen LogP contribution in [-0.4, -0.2) is 25.9 Å². The van der Waals surface area contributed by atoms with Gasteiger partial charge in [0.1, 0.15) is 6.79 Å². The Morgan fingerprint density at radius 2 is 1.88 bits per heavy atom. The predicted molar refractivity (Wildman–Crippen MR) is 59.9 cm³/mol. The number of benzene rings is 1. The molecule has 1 saturated heterocycles. The Kier molecular flexibility index (Phi) is 3.22. The van der Waals surface area contributed by atoms with Gasteiger partial charge in [0.05, 0.1) is 18.6 Å². The second-order valence-corrected chi connectivity index (χ2v) is 4.20. The highest BCUT2D eigenvalue weighted by Crippen LogP contribution is 2.23. The average Bonchev–Trinajstić information content (AvgIpc) is 2.31. The maximum Gasteiger partial charge on any atom is 0.234 e. The lowest BCUT2D eigenvalue weighted by atomic mass is 9.91. The molecule has 1 fully saturated rings. The van der Waals surface area contributed by atoms with Crippen LogP contribution < -0.4 is 5.32 Å². The monoisotopic (exact) mass is 221 g/mol. The normalized spacial score (nSPS) is 19.1. The van der Waals surface area contributed by atoms with Crippen molar-refractivity contribution in [2.75, 3.05) is 25.3 Å². The van der Waals surface area contributed by atoms with Crippen LogP contribution in [0.1, 0.15) is 6.92 Å². The number of carbonyl (C=O) groups excluding carboxylic acids is 1. The zero-order valence-electron chi connectivity index (χ0n) is 9.23. The number of anilines is 1. The topological polar surface area (TPSA) is 47.6 Å². The number of carbonyl (C=O) groups is 1. The maximum absolute atomic E-state index is 12.0. The third kappa shape index (κ3) is 2.40. The Hall–Kier alpha value is -1.39. The number of hydrogen-bond acceptors (Lipinski definition) is 3. The van der Waals surface area contributed by atoms with Gasteiger partial charge in [-0.25, -0.2) is 0 Å². The van der Waals surface area contributed by atoms with Crippen molar-refractivity contribution in [3.8, 4) is 0 Å². The molecule has 4 heteroatoms. The molecule has 16 heavy (non-hydrogen) atoms. The molecule has 0 aromatic heterocycles. The van der Waals surface area contributed by atoms with Crippen LogP contribution in [0.2, 0.25) is 0 Å². The van der Waals surface area contributed by atoms with E-state index in [1.54, 1.807) is 0 Å². The average molecular weight is 221 g/mol. The summed E-state index contributed by atoms with van der Waals surface area (Å²) in [6, 6.07) is 9.37. The van der Waals surface area contributed by atoms with Gasteiger partial charge in [-0.1, -0.05) is 18.2 Å². The molecular formula is C12H15NO3. The number of nitrogens with one attached hydrogen (secondary N) is 1. The van der Waals surface area contributed by atoms with E-state index in [1.165, 1.54) is 0 Å². The summed E-state index contributed by atoms with van der Waals surface area (Å²) >= 11 is 0. The fraction of sp³-hybridized carbons (Fsp3) is 0.417. The summed E-state index contributed by atoms with van der Waals surface area (Å²) in [6.07, 6.45) is 0. The number of para-hydroxylation sites is 1. The molecule has 1 N–H and O–H groups in total. The molecule has 0 aliphatic carbocycles. The molecule has 0 saturated carbocycles. The van der Waals surface area contributed by atoms with Gasteiger partial charge in [0.25, 0.3) is 0 Å². The van der Waals surface area contributed by atoms with Gasteiger partial charge in [-0.15, -0.1) is 0 Å². The standard InChI is InChI=1S/C12H15NO3/c1-12(7-15-9-16-8-12)11(14)13-10-5-3-2-4-6-10/h2-6H,7-9H2,1H3,(H,13,14). The van der Waals surface area contributed by atoms with E-state index in [0.717, 1.165) is 5.69 Å². The van der Waals surface area contributed by atoms with E-state index in [2.05, 4.69) is 5.32 Å².